The summed E-state index contributed by atoms with van der Waals surface area (Å²) < 4.78 is 29.6. The molecule has 2 aromatic carbocycles. The smallest absolute Gasteiger partial charge is 0.335 e. The molecule has 2 amide bonds. The molecule has 5 rings (SSSR count). The minimum atomic E-state index is -2.86. The van der Waals surface area contributed by atoms with Gasteiger partial charge in [-0.1, -0.05) is 12.1 Å². The van der Waals surface area contributed by atoms with Gasteiger partial charge in [0.1, 0.15) is 6.33 Å². The Kier molecular flexibility index (Phi) is 5.98. The van der Waals surface area contributed by atoms with E-state index in [4.69, 9.17) is 0 Å². The number of carbonyl (C=O) groups is 2. The van der Waals surface area contributed by atoms with Gasteiger partial charge in [0, 0.05) is 29.3 Å². The number of nitrogens with zero attached hydrogens (tertiary/aromatic N) is 5. The Bertz CT molecular complexity index is 1410. The number of benzene rings is 2. The second-order valence-electron chi connectivity index (χ2n) is 8.42. The summed E-state index contributed by atoms with van der Waals surface area (Å²) in [6.07, 6.45) is 3.36. The number of rotatable bonds is 2. The highest BCUT2D eigenvalue weighted by molar-refractivity contribution is 6.06. The number of para-hydroxylation sites is 1. The van der Waals surface area contributed by atoms with Crippen LogP contribution in [-0.4, -0.2) is 42.7 Å². The van der Waals surface area contributed by atoms with E-state index in [2.05, 4.69) is 25.7 Å². The first-order valence-corrected chi connectivity index (χ1v) is 11.3. The summed E-state index contributed by atoms with van der Waals surface area (Å²) in [4.78, 5) is 34.3. The molecule has 9 nitrogen and oxygen atoms in total. The van der Waals surface area contributed by atoms with Crippen LogP contribution < -0.4 is 10.6 Å². The highest BCUT2D eigenvalue weighted by Crippen LogP contribution is 2.35. The lowest BCUT2D eigenvalue weighted by Crippen LogP contribution is -2.25. The summed E-state index contributed by atoms with van der Waals surface area (Å²) in [7, 11) is 0. The minimum Gasteiger partial charge on any atom is -0.352 e. The summed E-state index contributed by atoms with van der Waals surface area (Å²) >= 11 is 0. The van der Waals surface area contributed by atoms with Gasteiger partial charge >= 0.3 is 6.55 Å². The van der Waals surface area contributed by atoms with Crippen LogP contribution in [0.2, 0.25) is 0 Å². The van der Waals surface area contributed by atoms with Crippen LogP contribution >= 0.6 is 0 Å². The van der Waals surface area contributed by atoms with Crippen molar-refractivity contribution in [2.45, 2.75) is 38.8 Å². The predicted molar refractivity (Wildman–Crippen MR) is 125 cm³/mol. The van der Waals surface area contributed by atoms with Crippen molar-refractivity contribution in [1.29, 1.82) is 0 Å². The summed E-state index contributed by atoms with van der Waals surface area (Å²) in [5.41, 5.74) is 2.25. The molecule has 1 aliphatic rings. The Morgan fingerprint density at radius 2 is 1.83 bits per heavy atom. The first kappa shape index (κ1) is 22.6. The topological polar surface area (TPSA) is 107 Å². The van der Waals surface area contributed by atoms with Crippen LogP contribution in [-0.2, 0) is 0 Å². The molecule has 2 aromatic heterocycles. The van der Waals surface area contributed by atoms with E-state index < -0.39 is 12.5 Å². The molecule has 0 fully saturated rings. The molecule has 0 aliphatic carbocycles. The molecule has 2 bridgehead atoms. The molecule has 0 unspecified atom stereocenters. The standard InChI is InChI=1S/C24H23F2N7O2/c1-14-6-2-3-11-27-21(34)15-7-4-8-16(12-15)22(35)31-24-30-18-10-5-9-17(19(18)32(14)24)20-28-13-29-33(20)23(25)26/h4-5,7-10,12-14,23H,2-3,6,11H2,1H3,(H,27,34)(H,30,31,35)/t14-/m1/s1. The summed E-state index contributed by atoms with van der Waals surface area (Å²) in [6.45, 7) is -0.373. The van der Waals surface area contributed by atoms with Crippen LogP contribution in [0.3, 0.4) is 0 Å². The van der Waals surface area contributed by atoms with Crippen molar-refractivity contribution in [2.75, 3.05) is 11.9 Å². The molecule has 11 heteroatoms. The number of hydrogen-bond donors (Lipinski definition) is 2. The number of imidazole rings is 1. The minimum absolute atomic E-state index is 0.0154. The van der Waals surface area contributed by atoms with Gasteiger partial charge in [0.2, 0.25) is 5.95 Å². The Labute approximate surface area is 199 Å². The Morgan fingerprint density at radius 3 is 2.63 bits per heavy atom. The number of hydrogen-bond acceptors (Lipinski definition) is 5. The van der Waals surface area contributed by atoms with Crippen molar-refractivity contribution in [3.63, 3.8) is 0 Å². The maximum atomic E-state index is 13.6. The molecule has 2 N–H and O–H groups in total. The van der Waals surface area contributed by atoms with Crippen molar-refractivity contribution in [3.8, 4) is 11.4 Å². The zero-order valence-electron chi connectivity index (χ0n) is 18.9. The zero-order chi connectivity index (χ0) is 24.5. The number of anilines is 1. The summed E-state index contributed by atoms with van der Waals surface area (Å²) in [5, 5.41) is 9.41. The van der Waals surface area contributed by atoms with Gasteiger partial charge in [-0.15, -0.1) is 0 Å². The molecule has 1 atom stereocenters. The van der Waals surface area contributed by atoms with Gasteiger partial charge < -0.3 is 9.88 Å². The lowest BCUT2D eigenvalue weighted by molar-refractivity contribution is 0.0582. The van der Waals surface area contributed by atoms with Gasteiger partial charge in [0.05, 0.1) is 11.0 Å². The number of nitrogens with one attached hydrogen (secondary N) is 2. The van der Waals surface area contributed by atoms with Gasteiger partial charge in [-0.3, -0.25) is 14.9 Å². The van der Waals surface area contributed by atoms with Crippen LogP contribution in [0, 0.1) is 0 Å². The molecule has 0 radical (unpaired) electrons. The van der Waals surface area contributed by atoms with Crippen LogP contribution in [0.15, 0.2) is 48.8 Å². The lowest BCUT2D eigenvalue weighted by atomic mass is 10.1. The molecule has 4 aromatic rings. The monoisotopic (exact) mass is 479 g/mol. The first-order valence-electron chi connectivity index (χ1n) is 11.3. The van der Waals surface area contributed by atoms with Crippen molar-refractivity contribution < 1.29 is 18.4 Å². The van der Waals surface area contributed by atoms with Crippen molar-refractivity contribution in [1.82, 2.24) is 29.6 Å². The van der Waals surface area contributed by atoms with E-state index >= 15 is 0 Å². The normalized spacial score (nSPS) is 17.1. The third-order valence-corrected chi connectivity index (χ3v) is 6.10. The largest absolute Gasteiger partial charge is 0.352 e. The van der Waals surface area contributed by atoms with Crippen LogP contribution in [0.25, 0.3) is 22.4 Å². The Balaban J connectivity index is 1.67. The van der Waals surface area contributed by atoms with E-state index in [1.807, 2.05) is 11.5 Å². The van der Waals surface area contributed by atoms with Crippen LogP contribution in [0.5, 0.6) is 0 Å². The average Bonchev–Trinajstić information content (AvgIpc) is 3.48. The second-order valence-corrected chi connectivity index (χ2v) is 8.42. The summed E-state index contributed by atoms with van der Waals surface area (Å²) in [5.74, 6) is -0.357. The number of carbonyl (C=O) groups excluding carboxylic acids is 2. The Morgan fingerprint density at radius 1 is 1.06 bits per heavy atom. The molecular formula is C24H23F2N7O2. The average molecular weight is 479 g/mol. The van der Waals surface area contributed by atoms with Gasteiger partial charge in [-0.05, 0) is 56.5 Å². The van der Waals surface area contributed by atoms with E-state index in [1.54, 1.807) is 36.4 Å². The van der Waals surface area contributed by atoms with Crippen LogP contribution in [0.4, 0.5) is 14.7 Å². The van der Waals surface area contributed by atoms with Gasteiger partial charge in [-0.25, -0.2) is 9.97 Å². The molecule has 0 spiro atoms. The fourth-order valence-corrected chi connectivity index (χ4v) is 4.41. The third-order valence-electron chi connectivity index (χ3n) is 6.10. The van der Waals surface area contributed by atoms with Crippen molar-refractivity contribution in [2.24, 2.45) is 0 Å². The first-order chi connectivity index (χ1) is 16.9. The number of aromatic nitrogens is 5. The van der Waals surface area contributed by atoms with Crippen molar-refractivity contribution in [3.05, 3.63) is 59.9 Å². The molecule has 0 saturated heterocycles. The van der Waals surface area contributed by atoms with Gasteiger partial charge in [0.25, 0.3) is 11.8 Å². The number of amides is 2. The number of halogens is 2. The molecular weight excluding hydrogens is 456 g/mol. The molecule has 35 heavy (non-hydrogen) atoms. The van der Waals surface area contributed by atoms with Gasteiger partial charge in [0.15, 0.2) is 5.82 Å². The summed E-state index contributed by atoms with van der Waals surface area (Å²) in [6, 6.07) is 11.5. The highest BCUT2D eigenvalue weighted by atomic mass is 19.3. The van der Waals surface area contributed by atoms with E-state index in [0.717, 1.165) is 19.2 Å². The third kappa shape index (κ3) is 4.25. The SMILES string of the molecule is C[C@@H]1CCCCNC(=O)c2cccc(c2)C(=O)Nc2nc3cccc(-c4ncnn4C(F)F)c3n21. The lowest BCUT2D eigenvalue weighted by Gasteiger charge is -2.20. The highest BCUT2D eigenvalue weighted by Gasteiger charge is 2.24. The van der Waals surface area contributed by atoms with Crippen molar-refractivity contribution >= 4 is 28.8 Å². The molecule has 3 heterocycles. The second kappa shape index (κ2) is 9.24. The fourth-order valence-electron chi connectivity index (χ4n) is 4.41. The predicted octanol–water partition coefficient (Wildman–Crippen LogP) is 4.42. The maximum Gasteiger partial charge on any atom is 0.335 e. The molecule has 1 aliphatic heterocycles. The molecule has 0 saturated carbocycles. The Hall–Kier alpha value is -4.15. The number of alkyl halides is 2. The molecule has 180 valence electrons. The van der Waals surface area contributed by atoms with Gasteiger partial charge in [-0.2, -0.15) is 18.6 Å². The van der Waals surface area contributed by atoms with E-state index in [0.29, 0.717) is 51.3 Å². The maximum absolute atomic E-state index is 13.6. The van der Waals surface area contributed by atoms with E-state index in [9.17, 15) is 18.4 Å². The number of fused-ring (bicyclic) bond motifs is 5. The van der Waals surface area contributed by atoms with E-state index in [1.165, 1.54) is 6.07 Å². The van der Waals surface area contributed by atoms with E-state index in [-0.39, 0.29) is 17.8 Å². The van der Waals surface area contributed by atoms with Crippen LogP contribution in [0.1, 0.15) is 59.5 Å². The quantitative estimate of drug-likeness (QED) is 0.443. The zero-order valence-corrected chi connectivity index (χ0v) is 18.9. The fraction of sp³-hybridized carbons (Fsp3) is 0.292.